The minimum absolute atomic E-state index is 0. The van der Waals surface area contributed by atoms with Crippen LogP contribution in [0.4, 0.5) is 4.39 Å². The number of hydrogen-bond acceptors (Lipinski definition) is 5. The Labute approximate surface area is 163 Å². The quantitative estimate of drug-likeness (QED) is 0.733. The van der Waals surface area contributed by atoms with Gasteiger partial charge in [-0.3, -0.25) is 0 Å². The van der Waals surface area contributed by atoms with Gasteiger partial charge >= 0.3 is 5.97 Å². The molecule has 1 unspecified atom stereocenters. The minimum Gasteiger partial charge on any atom is -0.465 e. The standard InChI is InChI=1S/C18H19FN2O4S.ClH/c1-25-18(22)15-7-6-13(10-16(15)19)26(23,24)21-11-17-14-5-3-2-4-12(14)8-9-20-17;/h2-7,10,17,20-21H,8-9,11H2,1H3;1H. The summed E-state index contributed by atoms with van der Waals surface area (Å²) in [6.45, 7) is 0.894. The Morgan fingerprint density at radius 1 is 1.30 bits per heavy atom. The van der Waals surface area contributed by atoms with Crippen molar-refractivity contribution < 1.29 is 22.3 Å². The number of carbonyl (C=O) groups is 1. The molecule has 0 bridgehead atoms. The van der Waals surface area contributed by atoms with Gasteiger partial charge < -0.3 is 10.1 Å². The van der Waals surface area contributed by atoms with Crippen molar-refractivity contribution in [3.8, 4) is 0 Å². The molecule has 1 aliphatic rings. The Hall–Kier alpha value is -2.00. The first-order valence-corrected chi connectivity index (χ1v) is 9.59. The molecule has 27 heavy (non-hydrogen) atoms. The average molecular weight is 415 g/mol. The number of hydrogen-bond donors (Lipinski definition) is 2. The summed E-state index contributed by atoms with van der Waals surface area (Å²) in [6, 6.07) is 10.8. The lowest BCUT2D eigenvalue weighted by Gasteiger charge is -2.27. The van der Waals surface area contributed by atoms with Crippen molar-refractivity contribution in [3.63, 3.8) is 0 Å². The molecule has 0 amide bonds. The van der Waals surface area contributed by atoms with Crippen molar-refractivity contribution in [3.05, 3.63) is 65.0 Å². The van der Waals surface area contributed by atoms with Crippen molar-refractivity contribution in [2.24, 2.45) is 0 Å². The highest BCUT2D eigenvalue weighted by molar-refractivity contribution is 7.89. The lowest BCUT2D eigenvalue weighted by atomic mass is 9.95. The summed E-state index contributed by atoms with van der Waals surface area (Å²) < 4.78 is 45.9. The molecule has 2 aromatic carbocycles. The Morgan fingerprint density at radius 3 is 2.74 bits per heavy atom. The fourth-order valence-corrected chi connectivity index (χ4v) is 4.05. The third-order valence-electron chi connectivity index (χ3n) is 4.35. The largest absolute Gasteiger partial charge is 0.465 e. The van der Waals surface area contributed by atoms with Crippen LogP contribution in [0.25, 0.3) is 0 Å². The molecule has 0 aromatic heterocycles. The number of ether oxygens (including phenoxy) is 1. The van der Waals surface area contributed by atoms with E-state index in [1.807, 2.05) is 24.3 Å². The molecule has 0 fully saturated rings. The van der Waals surface area contributed by atoms with Crippen molar-refractivity contribution >= 4 is 28.4 Å². The molecule has 1 atom stereocenters. The van der Waals surface area contributed by atoms with Gasteiger partial charge in [0, 0.05) is 12.6 Å². The van der Waals surface area contributed by atoms with E-state index >= 15 is 0 Å². The Balaban J connectivity index is 0.00000261. The average Bonchev–Trinajstić information content (AvgIpc) is 2.65. The molecule has 0 aliphatic carbocycles. The fraction of sp³-hybridized carbons (Fsp3) is 0.278. The summed E-state index contributed by atoms with van der Waals surface area (Å²) in [5, 5.41) is 3.28. The molecule has 0 radical (unpaired) electrons. The SMILES string of the molecule is COC(=O)c1ccc(S(=O)(=O)NCC2NCCc3ccccc32)cc1F.Cl. The third-order valence-corrected chi connectivity index (χ3v) is 5.77. The van der Waals surface area contributed by atoms with E-state index in [-0.39, 0.29) is 35.5 Å². The van der Waals surface area contributed by atoms with Gasteiger partial charge in [-0.15, -0.1) is 12.4 Å². The second kappa shape index (κ2) is 8.79. The first-order valence-electron chi connectivity index (χ1n) is 8.11. The summed E-state index contributed by atoms with van der Waals surface area (Å²) in [5.74, 6) is -1.80. The number of halogens is 2. The van der Waals surface area contributed by atoms with Gasteiger partial charge in [-0.05, 0) is 42.3 Å². The number of esters is 1. The van der Waals surface area contributed by atoms with Crippen LogP contribution in [-0.2, 0) is 21.2 Å². The number of rotatable bonds is 5. The van der Waals surface area contributed by atoms with Gasteiger partial charge in [0.2, 0.25) is 10.0 Å². The molecule has 9 heteroatoms. The van der Waals surface area contributed by atoms with Crippen LogP contribution in [0.15, 0.2) is 47.4 Å². The number of nitrogens with one attached hydrogen (secondary N) is 2. The third kappa shape index (κ3) is 4.65. The summed E-state index contributed by atoms with van der Waals surface area (Å²) in [7, 11) is -2.79. The van der Waals surface area contributed by atoms with E-state index in [1.165, 1.54) is 11.6 Å². The Morgan fingerprint density at radius 2 is 2.04 bits per heavy atom. The number of methoxy groups -OCH3 is 1. The molecule has 0 spiro atoms. The maximum atomic E-state index is 14.0. The number of fused-ring (bicyclic) bond motifs is 1. The van der Waals surface area contributed by atoms with Gasteiger partial charge in [0.1, 0.15) is 5.82 Å². The fourth-order valence-electron chi connectivity index (χ4n) is 2.99. The molecule has 146 valence electrons. The zero-order valence-electron chi connectivity index (χ0n) is 14.6. The van der Waals surface area contributed by atoms with Crippen LogP contribution >= 0.6 is 12.4 Å². The van der Waals surface area contributed by atoms with Gasteiger partial charge in [0.05, 0.1) is 17.6 Å². The molecular weight excluding hydrogens is 395 g/mol. The van der Waals surface area contributed by atoms with Gasteiger partial charge in [0.15, 0.2) is 0 Å². The van der Waals surface area contributed by atoms with Crippen LogP contribution in [0, 0.1) is 5.82 Å². The Kier molecular flexibility index (Phi) is 6.94. The molecule has 1 aliphatic heterocycles. The van der Waals surface area contributed by atoms with Gasteiger partial charge in [0.25, 0.3) is 0 Å². The van der Waals surface area contributed by atoms with E-state index in [0.717, 1.165) is 37.8 Å². The van der Waals surface area contributed by atoms with Gasteiger partial charge in [-0.2, -0.15) is 0 Å². The second-order valence-electron chi connectivity index (χ2n) is 5.94. The van der Waals surface area contributed by atoms with Crippen molar-refractivity contribution in [2.75, 3.05) is 20.2 Å². The first kappa shape index (κ1) is 21.3. The predicted molar refractivity (Wildman–Crippen MR) is 101 cm³/mol. The second-order valence-corrected chi connectivity index (χ2v) is 7.71. The highest BCUT2D eigenvalue weighted by atomic mass is 35.5. The lowest BCUT2D eigenvalue weighted by molar-refractivity contribution is 0.0595. The molecule has 0 saturated heterocycles. The van der Waals surface area contributed by atoms with Crippen molar-refractivity contribution in [2.45, 2.75) is 17.4 Å². The summed E-state index contributed by atoms with van der Waals surface area (Å²) in [5.41, 5.74) is 1.92. The molecule has 3 rings (SSSR count). The molecule has 6 nitrogen and oxygen atoms in total. The van der Waals surface area contributed by atoms with E-state index in [9.17, 15) is 17.6 Å². The molecule has 2 aromatic rings. The predicted octanol–water partition coefficient (Wildman–Crippen LogP) is 2.20. The highest BCUT2D eigenvalue weighted by Gasteiger charge is 2.23. The van der Waals surface area contributed by atoms with Crippen molar-refractivity contribution in [1.82, 2.24) is 10.0 Å². The zero-order valence-corrected chi connectivity index (χ0v) is 16.2. The zero-order chi connectivity index (χ0) is 18.7. The molecule has 0 saturated carbocycles. The van der Waals surface area contributed by atoms with E-state index in [4.69, 9.17) is 0 Å². The number of sulfonamides is 1. The monoisotopic (exact) mass is 414 g/mol. The first-order chi connectivity index (χ1) is 12.4. The maximum Gasteiger partial charge on any atom is 0.340 e. The smallest absolute Gasteiger partial charge is 0.340 e. The molecule has 2 N–H and O–H groups in total. The van der Waals surface area contributed by atoms with Gasteiger partial charge in [-0.1, -0.05) is 24.3 Å². The summed E-state index contributed by atoms with van der Waals surface area (Å²) in [6.07, 6.45) is 0.889. The maximum absolute atomic E-state index is 14.0. The van der Waals surface area contributed by atoms with E-state index < -0.39 is 21.8 Å². The minimum atomic E-state index is -3.92. The molecular formula is C18H20ClFN2O4S. The summed E-state index contributed by atoms with van der Waals surface area (Å²) >= 11 is 0. The van der Waals surface area contributed by atoms with E-state index in [1.54, 1.807) is 0 Å². The normalized spacial score (nSPS) is 16.1. The van der Waals surface area contributed by atoms with Crippen LogP contribution < -0.4 is 10.0 Å². The van der Waals surface area contributed by atoms with Crippen LogP contribution in [0.3, 0.4) is 0 Å². The number of benzene rings is 2. The topological polar surface area (TPSA) is 84.5 Å². The molecule has 1 heterocycles. The van der Waals surface area contributed by atoms with E-state index in [0.29, 0.717) is 0 Å². The Bertz CT molecular complexity index is 937. The van der Waals surface area contributed by atoms with Crippen LogP contribution in [0.2, 0.25) is 0 Å². The number of carbonyl (C=O) groups excluding carboxylic acids is 1. The van der Waals surface area contributed by atoms with Crippen LogP contribution in [0.1, 0.15) is 27.5 Å². The van der Waals surface area contributed by atoms with Crippen LogP contribution in [0.5, 0.6) is 0 Å². The van der Waals surface area contributed by atoms with E-state index in [2.05, 4.69) is 14.8 Å². The van der Waals surface area contributed by atoms with Gasteiger partial charge in [-0.25, -0.2) is 22.3 Å². The van der Waals surface area contributed by atoms with Crippen LogP contribution in [-0.4, -0.2) is 34.6 Å². The van der Waals surface area contributed by atoms with Crippen molar-refractivity contribution in [1.29, 1.82) is 0 Å². The summed E-state index contributed by atoms with van der Waals surface area (Å²) in [4.78, 5) is 11.2. The lowest BCUT2D eigenvalue weighted by Crippen LogP contribution is -2.38. The highest BCUT2D eigenvalue weighted by Crippen LogP contribution is 2.23.